The molecule has 0 saturated heterocycles. The van der Waals surface area contributed by atoms with E-state index in [0.717, 1.165) is 12.1 Å². The third-order valence-electron chi connectivity index (χ3n) is 2.57. The van der Waals surface area contributed by atoms with Crippen LogP contribution in [0.15, 0.2) is 41.3 Å². The van der Waals surface area contributed by atoms with Gasteiger partial charge in [-0.2, -0.15) is 5.26 Å². The van der Waals surface area contributed by atoms with Crippen LogP contribution in [0.2, 0.25) is 0 Å². The van der Waals surface area contributed by atoms with Gasteiger partial charge in [-0.3, -0.25) is 0 Å². The summed E-state index contributed by atoms with van der Waals surface area (Å²) < 4.78 is 28.2. The Bertz CT molecular complexity index is 823. The molecule has 0 saturated carbocycles. The first-order valence-electron chi connectivity index (χ1n) is 5.84. The molecule has 2 aromatic heterocycles. The molecular formula is C14H9BrF2N4. The number of hydrogen-bond acceptors (Lipinski definition) is 3. The first-order chi connectivity index (χ1) is 10.1. The summed E-state index contributed by atoms with van der Waals surface area (Å²) in [4.78, 5) is 4.19. The second-order valence-corrected chi connectivity index (χ2v) is 4.63. The van der Waals surface area contributed by atoms with Gasteiger partial charge in [-0.05, 0) is 45.8 Å². The van der Waals surface area contributed by atoms with E-state index in [1.165, 1.54) is 13.0 Å². The van der Waals surface area contributed by atoms with Gasteiger partial charge in [0.2, 0.25) is 4.73 Å². The monoisotopic (exact) mass is 350 g/mol. The minimum absolute atomic E-state index is 0.442. The van der Waals surface area contributed by atoms with E-state index in [9.17, 15) is 8.78 Å². The number of pyridine rings is 1. The van der Waals surface area contributed by atoms with Gasteiger partial charge in [-0.15, -0.1) is 5.10 Å². The van der Waals surface area contributed by atoms with Crippen LogP contribution in [0.25, 0.3) is 16.8 Å². The predicted molar refractivity (Wildman–Crippen MR) is 77.3 cm³/mol. The van der Waals surface area contributed by atoms with Gasteiger partial charge in [0.25, 0.3) is 0 Å². The number of nitriles is 1. The summed E-state index contributed by atoms with van der Waals surface area (Å²) in [5.74, 6) is -1.75. The summed E-state index contributed by atoms with van der Waals surface area (Å²) in [7, 11) is 0. The average molecular weight is 351 g/mol. The van der Waals surface area contributed by atoms with Crippen molar-refractivity contribution in [3.8, 4) is 17.2 Å². The summed E-state index contributed by atoms with van der Waals surface area (Å²) >= 11 is 3.18. The lowest BCUT2D eigenvalue weighted by Gasteiger charge is -2.03. The summed E-state index contributed by atoms with van der Waals surface area (Å²) in [5, 5.41) is 11.4. The fourth-order valence-corrected chi connectivity index (χ4v) is 2.11. The van der Waals surface area contributed by atoms with Crippen LogP contribution in [0.4, 0.5) is 8.78 Å². The second-order valence-electron chi connectivity index (χ2n) is 3.92. The third-order valence-corrected chi connectivity index (χ3v) is 2.90. The first kappa shape index (κ1) is 15.1. The summed E-state index contributed by atoms with van der Waals surface area (Å²) in [6.45, 7) is 1.43. The summed E-state index contributed by atoms with van der Waals surface area (Å²) in [5.41, 5.74) is 1.82. The fraction of sp³-hybridized carbons (Fsp3) is 0.0714. The maximum atomic E-state index is 13.2. The number of halogens is 3. The lowest BCUT2D eigenvalue weighted by atomic mass is 10.1. The predicted octanol–water partition coefficient (Wildman–Crippen LogP) is 3.97. The van der Waals surface area contributed by atoms with Crippen molar-refractivity contribution in [1.82, 2.24) is 14.6 Å². The van der Waals surface area contributed by atoms with Crippen molar-refractivity contribution >= 4 is 21.6 Å². The van der Waals surface area contributed by atoms with E-state index in [4.69, 9.17) is 5.26 Å². The van der Waals surface area contributed by atoms with E-state index in [2.05, 4.69) is 26.0 Å². The third kappa shape index (κ3) is 3.23. The van der Waals surface area contributed by atoms with Gasteiger partial charge >= 0.3 is 0 Å². The van der Waals surface area contributed by atoms with E-state index in [1.807, 2.05) is 0 Å². The minimum atomic E-state index is -0.881. The molecule has 0 aliphatic heterocycles. The normalized spacial score (nSPS) is 9.86. The van der Waals surface area contributed by atoms with Crippen LogP contribution < -0.4 is 0 Å². The van der Waals surface area contributed by atoms with E-state index >= 15 is 0 Å². The van der Waals surface area contributed by atoms with Crippen molar-refractivity contribution in [3.63, 3.8) is 0 Å². The van der Waals surface area contributed by atoms with Crippen molar-refractivity contribution < 1.29 is 8.78 Å². The lowest BCUT2D eigenvalue weighted by molar-refractivity contribution is 0.509. The SMILES string of the molecule is CC#N.Fc1ccc(-c2cccn3nc(Br)nc23)cc1F. The van der Waals surface area contributed by atoms with Gasteiger partial charge < -0.3 is 0 Å². The molecule has 106 valence electrons. The van der Waals surface area contributed by atoms with E-state index < -0.39 is 11.6 Å². The van der Waals surface area contributed by atoms with Gasteiger partial charge in [0, 0.05) is 18.7 Å². The highest BCUT2D eigenvalue weighted by Crippen LogP contribution is 2.25. The van der Waals surface area contributed by atoms with Crippen molar-refractivity contribution in [2.24, 2.45) is 0 Å². The van der Waals surface area contributed by atoms with Crippen LogP contribution in [-0.4, -0.2) is 14.6 Å². The van der Waals surface area contributed by atoms with Gasteiger partial charge in [0.15, 0.2) is 17.3 Å². The average Bonchev–Trinajstić information content (AvgIpc) is 2.83. The highest BCUT2D eigenvalue weighted by molar-refractivity contribution is 9.10. The van der Waals surface area contributed by atoms with Crippen molar-refractivity contribution in [2.75, 3.05) is 0 Å². The molecule has 0 unspecified atom stereocenters. The molecule has 0 amide bonds. The Kier molecular flexibility index (Phi) is 4.60. The Morgan fingerprint density at radius 1 is 1.24 bits per heavy atom. The molecule has 0 spiro atoms. The first-order valence-corrected chi connectivity index (χ1v) is 6.63. The number of rotatable bonds is 1. The van der Waals surface area contributed by atoms with Crippen LogP contribution in [0.5, 0.6) is 0 Å². The molecule has 0 fully saturated rings. The number of nitrogens with zero attached hydrogens (tertiary/aromatic N) is 4. The van der Waals surface area contributed by atoms with Crippen molar-refractivity contribution in [2.45, 2.75) is 6.92 Å². The lowest BCUT2D eigenvalue weighted by Crippen LogP contribution is -1.91. The Labute approximate surface area is 127 Å². The van der Waals surface area contributed by atoms with E-state index in [0.29, 0.717) is 21.5 Å². The zero-order valence-corrected chi connectivity index (χ0v) is 12.5. The molecule has 0 aliphatic carbocycles. The smallest absolute Gasteiger partial charge is 0.218 e. The van der Waals surface area contributed by atoms with Crippen LogP contribution in [0.3, 0.4) is 0 Å². The molecule has 0 bridgehead atoms. The molecule has 4 nitrogen and oxygen atoms in total. The quantitative estimate of drug-likeness (QED) is 0.667. The molecule has 7 heteroatoms. The zero-order chi connectivity index (χ0) is 15.4. The van der Waals surface area contributed by atoms with Crippen LogP contribution in [0, 0.1) is 23.0 Å². The summed E-state index contributed by atoms with van der Waals surface area (Å²) in [6.07, 6.45) is 1.73. The summed E-state index contributed by atoms with van der Waals surface area (Å²) in [6, 6.07) is 9.05. The second kappa shape index (κ2) is 6.41. The van der Waals surface area contributed by atoms with E-state index in [1.54, 1.807) is 28.9 Å². The molecule has 21 heavy (non-hydrogen) atoms. The maximum Gasteiger partial charge on any atom is 0.218 e. The molecule has 0 radical (unpaired) electrons. The molecule has 3 aromatic rings. The van der Waals surface area contributed by atoms with Crippen LogP contribution in [-0.2, 0) is 0 Å². The number of benzene rings is 1. The Hall–Kier alpha value is -2.33. The number of hydrogen-bond donors (Lipinski definition) is 0. The number of aromatic nitrogens is 3. The highest BCUT2D eigenvalue weighted by atomic mass is 79.9. The van der Waals surface area contributed by atoms with Crippen molar-refractivity contribution in [3.05, 3.63) is 52.9 Å². The van der Waals surface area contributed by atoms with Gasteiger partial charge in [-0.1, -0.05) is 6.07 Å². The topological polar surface area (TPSA) is 54.0 Å². The maximum absolute atomic E-state index is 13.2. The molecule has 2 heterocycles. The van der Waals surface area contributed by atoms with Crippen LogP contribution >= 0.6 is 15.9 Å². The van der Waals surface area contributed by atoms with Crippen molar-refractivity contribution in [1.29, 1.82) is 5.26 Å². The zero-order valence-electron chi connectivity index (χ0n) is 10.9. The molecule has 0 N–H and O–H groups in total. The van der Waals surface area contributed by atoms with Gasteiger partial charge in [0.1, 0.15) is 0 Å². The molecule has 0 atom stereocenters. The largest absolute Gasteiger partial charge is 0.219 e. The molecule has 0 aliphatic rings. The Balaban J connectivity index is 0.000000497. The van der Waals surface area contributed by atoms with Gasteiger partial charge in [-0.25, -0.2) is 18.3 Å². The highest BCUT2D eigenvalue weighted by Gasteiger charge is 2.10. The van der Waals surface area contributed by atoms with E-state index in [-0.39, 0.29) is 0 Å². The minimum Gasteiger partial charge on any atom is -0.219 e. The number of fused-ring (bicyclic) bond motifs is 1. The molecule has 3 rings (SSSR count). The van der Waals surface area contributed by atoms with Gasteiger partial charge in [0.05, 0.1) is 6.07 Å². The fourth-order valence-electron chi connectivity index (χ4n) is 1.77. The van der Waals surface area contributed by atoms with Crippen LogP contribution in [0.1, 0.15) is 6.92 Å². The standard InChI is InChI=1S/C12H6BrF2N3.C2H3N/c13-12-16-11-8(2-1-5-18(11)17-12)7-3-4-9(14)10(15)6-7;1-2-3/h1-6H;1H3. The Morgan fingerprint density at radius 2 is 1.95 bits per heavy atom. The molecule has 1 aromatic carbocycles. The Morgan fingerprint density at radius 3 is 2.62 bits per heavy atom. The molecular weight excluding hydrogens is 342 g/mol.